The molecule has 0 aliphatic heterocycles. The van der Waals surface area contributed by atoms with Crippen molar-refractivity contribution >= 4 is 23.1 Å². The zero-order valence-corrected chi connectivity index (χ0v) is 7.92. The van der Waals surface area contributed by atoms with Gasteiger partial charge in [-0.3, -0.25) is 0 Å². The van der Waals surface area contributed by atoms with Gasteiger partial charge in [0.15, 0.2) is 0 Å². The molecule has 0 aromatic heterocycles. The monoisotopic (exact) mass is 211 g/mol. The van der Waals surface area contributed by atoms with Gasteiger partial charge in [-0.15, -0.1) is 11.6 Å². The van der Waals surface area contributed by atoms with Crippen LogP contribution in [0.2, 0.25) is 0 Å². The minimum Gasteiger partial charge on any atom is -0.386 e. The van der Waals surface area contributed by atoms with Gasteiger partial charge in [-0.25, -0.2) is 9.38 Å². The first-order valence-electron chi connectivity index (χ1n) is 3.76. The Morgan fingerprint density at radius 2 is 2.36 bits per heavy atom. The standard InChI is InChI=1S/C9H7ClFN3/c10-4-8(13)14-9-6(5-12)2-1-3-7(9)11/h1-3H,4H2,(H2,13,14). The van der Waals surface area contributed by atoms with Gasteiger partial charge in [0, 0.05) is 0 Å². The summed E-state index contributed by atoms with van der Waals surface area (Å²) in [5.41, 5.74) is 5.41. The van der Waals surface area contributed by atoms with Crippen LogP contribution in [0.3, 0.4) is 0 Å². The number of amidine groups is 1. The fourth-order valence-corrected chi connectivity index (χ4v) is 0.952. The Morgan fingerprint density at radius 1 is 1.64 bits per heavy atom. The molecule has 72 valence electrons. The second kappa shape index (κ2) is 4.58. The summed E-state index contributed by atoms with van der Waals surface area (Å²) in [5, 5.41) is 8.67. The maximum Gasteiger partial charge on any atom is 0.150 e. The third kappa shape index (κ3) is 2.21. The summed E-state index contributed by atoms with van der Waals surface area (Å²) >= 11 is 5.39. The van der Waals surface area contributed by atoms with Crippen LogP contribution in [0.4, 0.5) is 10.1 Å². The maximum absolute atomic E-state index is 13.2. The average molecular weight is 212 g/mol. The summed E-state index contributed by atoms with van der Waals surface area (Å²) in [5.74, 6) is -0.510. The Bertz CT molecular complexity index is 409. The third-order valence-electron chi connectivity index (χ3n) is 1.50. The van der Waals surface area contributed by atoms with Crippen molar-refractivity contribution in [3.8, 4) is 6.07 Å². The summed E-state index contributed by atoms with van der Waals surface area (Å²) in [6, 6.07) is 5.93. The number of alkyl halides is 1. The Hall–Kier alpha value is -1.60. The summed E-state index contributed by atoms with van der Waals surface area (Å²) in [6.07, 6.45) is 0. The molecular weight excluding hydrogens is 205 g/mol. The van der Waals surface area contributed by atoms with Crippen molar-refractivity contribution in [3.63, 3.8) is 0 Å². The molecule has 1 aromatic carbocycles. The summed E-state index contributed by atoms with van der Waals surface area (Å²) in [4.78, 5) is 3.71. The lowest BCUT2D eigenvalue weighted by Gasteiger charge is -2.00. The first kappa shape index (κ1) is 10.5. The number of para-hydroxylation sites is 1. The number of hydrogen-bond donors (Lipinski definition) is 1. The molecular formula is C9H7ClFN3. The van der Waals surface area contributed by atoms with Gasteiger partial charge in [-0.1, -0.05) is 6.07 Å². The molecule has 2 N–H and O–H groups in total. The second-order valence-corrected chi connectivity index (χ2v) is 2.75. The van der Waals surface area contributed by atoms with Crippen LogP contribution in [0.15, 0.2) is 23.2 Å². The lowest BCUT2D eigenvalue weighted by Crippen LogP contribution is -2.12. The molecule has 14 heavy (non-hydrogen) atoms. The molecule has 0 fully saturated rings. The van der Waals surface area contributed by atoms with Crippen LogP contribution in [-0.2, 0) is 0 Å². The minimum atomic E-state index is -0.586. The van der Waals surface area contributed by atoms with Gasteiger partial charge < -0.3 is 5.73 Å². The van der Waals surface area contributed by atoms with E-state index in [-0.39, 0.29) is 23.0 Å². The van der Waals surface area contributed by atoms with Crippen LogP contribution in [0, 0.1) is 17.1 Å². The highest BCUT2D eigenvalue weighted by Crippen LogP contribution is 2.22. The third-order valence-corrected chi connectivity index (χ3v) is 1.77. The van der Waals surface area contributed by atoms with Crippen LogP contribution in [0.25, 0.3) is 0 Å². The van der Waals surface area contributed by atoms with Gasteiger partial charge in [0.05, 0.1) is 11.4 Å². The lowest BCUT2D eigenvalue weighted by molar-refractivity contribution is 0.629. The summed E-state index contributed by atoms with van der Waals surface area (Å²) in [6.45, 7) is 0. The molecule has 0 saturated carbocycles. The molecule has 0 amide bonds. The smallest absolute Gasteiger partial charge is 0.150 e. The molecule has 1 rings (SSSR count). The number of aliphatic imine (C=N–C) groups is 1. The number of halogens is 2. The van der Waals surface area contributed by atoms with Gasteiger partial charge in [0.1, 0.15) is 23.4 Å². The highest BCUT2D eigenvalue weighted by atomic mass is 35.5. The van der Waals surface area contributed by atoms with Crippen molar-refractivity contribution in [2.24, 2.45) is 10.7 Å². The van der Waals surface area contributed by atoms with E-state index in [2.05, 4.69) is 4.99 Å². The lowest BCUT2D eigenvalue weighted by atomic mass is 10.2. The van der Waals surface area contributed by atoms with Gasteiger partial charge >= 0.3 is 0 Å². The molecule has 0 aliphatic rings. The van der Waals surface area contributed by atoms with Gasteiger partial charge in [-0.2, -0.15) is 5.26 Å². The SMILES string of the molecule is N#Cc1cccc(F)c1N=C(N)CCl. The van der Waals surface area contributed by atoms with Gasteiger partial charge in [0.25, 0.3) is 0 Å². The molecule has 0 aliphatic carbocycles. The Morgan fingerprint density at radius 3 is 2.93 bits per heavy atom. The molecule has 5 heteroatoms. The average Bonchev–Trinajstić information content (AvgIpc) is 2.20. The highest BCUT2D eigenvalue weighted by Gasteiger charge is 2.06. The van der Waals surface area contributed by atoms with E-state index in [4.69, 9.17) is 22.6 Å². The van der Waals surface area contributed by atoms with Crippen molar-refractivity contribution in [1.82, 2.24) is 0 Å². The van der Waals surface area contributed by atoms with Crippen LogP contribution in [0.1, 0.15) is 5.56 Å². The van der Waals surface area contributed by atoms with E-state index in [0.29, 0.717) is 0 Å². The Labute approximate surface area is 85.6 Å². The second-order valence-electron chi connectivity index (χ2n) is 2.48. The maximum atomic E-state index is 13.2. The van der Waals surface area contributed by atoms with E-state index in [1.165, 1.54) is 18.2 Å². The Kier molecular flexibility index (Phi) is 3.43. The zero-order chi connectivity index (χ0) is 10.6. The summed E-state index contributed by atoms with van der Waals surface area (Å²) in [7, 11) is 0. The van der Waals surface area contributed by atoms with Crippen molar-refractivity contribution in [2.75, 3.05) is 5.88 Å². The first-order valence-corrected chi connectivity index (χ1v) is 4.30. The molecule has 3 nitrogen and oxygen atoms in total. The van der Waals surface area contributed by atoms with E-state index in [9.17, 15) is 4.39 Å². The predicted molar refractivity (Wildman–Crippen MR) is 53.1 cm³/mol. The molecule has 0 heterocycles. The number of rotatable bonds is 2. The van der Waals surface area contributed by atoms with E-state index in [0.717, 1.165) is 0 Å². The normalized spacial score (nSPS) is 11.1. The minimum absolute atomic E-state index is 0.000791. The molecule has 0 unspecified atom stereocenters. The number of nitrogens with two attached hydrogens (primary N) is 1. The molecule has 0 saturated heterocycles. The van der Waals surface area contributed by atoms with Crippen LogP contribution >= 0.6 is 11.6 Å². The number of hydrogen-bond acceptors (Lipinski definition) is 2. The van der Waals surface area contributed by atoms with E-state index >= 15 is 0 Å². The van der Waals surface area contributed by atoms with Gasteiger partial charge in [-0.05, 0) is 12.1 Å². The first-order chi connectivity index (χ1) is 6.69. The van der Waals surface area contributed by atoms with E-state index in [1.54, 1.807) is 0 Å². The van der Waals surface area contributed by atoms with Crippen molar-refractivity contribution in [2.45, 2.75) is 0 Å². The largest absolute Gasteiger partial charge is 0.386 e. The van der Waals surface area contributed by atoms with E-state index in [1.807, 2.05) is 6.07 Å². The van der Waals surface area contributed by atoms with Crippen LogP contribution in [-0.4, -0.2) is 11.7 Å². The molecule has 1 aromatic rings. The number of nitrogens with zero attached hydrogens (tertiary/aromatic N) is 2. The number of nitriles is 1. The van der Waals surface area contributed by atoms with E-state index < -0.39 is 5.82 Å². The van der Waals surface area contributed by atoms with Crippen molar-refractivity contribution in [3.05, 3.63) is 29.6 Å². The fraction of sp³-hybridized carbons (Fsp3) is 0.111. The topological polar surface area (TPSA) is 62.2 Å². The quantitative estimate of drug-likeness (QED) is 0.462. The number of benzene rings is 1. The molecule has 0 atom stereocenters. The molecule has 0 bridgehead atoms. The molecule has 0 spiro atoms. The fourth-order valence-electron chi connectivity index (χ4n) is 0.893. The van der Waals surface area contributed by atoms with Crippen molar-refractivity contribution in [1.29, 1.82) is 5.26 Å². The molecule has 0 radical (unpaired) electrons. The van der Waals surface area contributed by atoms with Crippen molar-refractivity contribution < 1.29 is 4.39 Å². The Balaban J connectivity index is 3.26. The summed E-state index contributed by atoms with van der Waals surface area (Å²) < 4.78 is 13.2. The zero-order valence-electron chi connectivity index (χ0n) is 7.17. The predicted octanol–water partition coefficient (Wildman–Crippen LogP) is 1.92. The van der Waals surface area contributed by atoms with Crippen LogP contribution in [0.5, 0.6) is 0 Å². The van der Waals surface area contributed by atoms with Gasteiger partial charge in [0.2, 0.25) is 0 Å². The highest BCUT2D eigenvalue weighted by molar-refractivity contribution is 6.28. The van der Waals surface area contributed by atoms with Crippen LogP contribution < -0.4 is 5.73 Å².